The van der Waals surface area contributed by atoms with Crippen molar-refractivity contribution >= 4 is 23.6 Å². The van der Waals surface area contributed by atoms with Crippen LogP contribution in [-0.4, -0.2) is 58.4 Å². The van der Waals surface area contributed by atoms with Crippen molar-refractivity contribution in [1.29, 1.82) is 0 Å². The molecule has 160 valence electrons. The summed E-state index contributed by atoms with van der Waals surface area (Å²) < 4.78 is 18.6. The minimum atomic E-state index is -0.492. The molecule has 1 unspecified atom stereocenters. The molecule has 2 fully saturated rings. The fourth-order valence-corrected chi connectivity index (χ4v) is 4.82. The predicted molar refractivity (Wildman–Crippen MR) is 113 cm³/mol. The lowest BCUT2D eigenvalue weighted by atomic mass is 9.95. The number of amides is 2. The number of carbonyl (C=O) groups excluding carboxylic acids is 2. The molecule has 30 heavy (non-hydrogen) atoms. The molecule has 1 aromatic carbocycles. The van der Waals surface area contributed by atoms with Crippen LogP contribution in [0.5, 0.6) is 0 Å². The highest BCUT2D eigenvalue weighted by Crippen LogP contribution is 2.35. The Morgan fingerprint density at radius 3 is 2.63 bits per heavy atom. The van der Waals surface area contributed by atoms with E-state index < -0.39 is 5.66 Å². The molecule has 0 radical (unpaired) electrons. The first-order valence-electron chi connectivity index (χ1n) is 10.2. The van der Waals surface area contributed by atoms with E-state index in [1.807, 2.05) is 11.2 Å². The van der Waals surface area contributed by atoms with Crippen LogP contribution in [0.15, 0.2) is 47.1 Å². The summed E-state index contributed by atoms with van der Waals surface area (Å²) in [6.07, 6.45) is 5.57. The molecule has 1 N–H and O–H groups in total. The van der Waals surface area contributed by atoms with E-state index in [4.69, 9.17) is 4.42 Å². The number of halogens is 1. The Morgan fingerprint density at radius 1 is 1.27 bits per heavy atom. The van der Waals surface area contributed by atoms with Gasteiger partial charge < -0.3 is 14.2 Å². The smallest absolute Gasteiger partial charge is 0.289 e. The molecule has 4 rings (SSSR count). The number of furan rings is 1. The van der Waals surface area contributed by atoms with Gasteiger partial charge in [0.1, 0.15) is 5.82 Å². The molecule has 0 aliphatic carbocycles. The van der Waals surface area contributed by atoms with Crippen molar-refractivity contribution in [3.05, 3.63) is 59.8 Å². The second-order valence-corrected chi connectivity index (χ2v) is 8.82. The van der Waals surface area contributed by atoms with Gasteiger partial charge in [-0.2, -0.15) is 11.8 Å². The number of hydrogen-bond acceptors (Lipinski definition) is 5. The van der Waals surface area contributed by atoms with Crippen LogP contribution in [0.3, 0.4) is 0 Å². The second kappa shape index (κ2) is 8.81. The molecule has 3 heterocycles. The molecule has 1 aromatic heterocycles. The number of rotatable bonds is 6. The SMILES string of the molecule is CSCCC1NC2(CCN(C(=O)c3ccco3)CC2)N(Cc2ccc(F)cc2)C1=O. The van der Waals surface area contributed by atoms with Crippen molar-refractivity contribution in [2.45, 2.75) is 37.5 Å². The Hall–Kier alpha value is -2.32. The Morgan fingerprint density at radius 2 is 2.00 bits per heavy atom. The number of piperidine rings is 1. The largest absolute Gasteiger partial charge is 0.459 e. The summed E-state index contributed by atoms with van der Waals surface area (Å²) in [6, 6.07) is 9.44. The topological polar surface area (TPSA) is 65.8 Å². The number of benzene rings is 1. The summed E-state index contributed by atoms with van der Waals surface area (Å²) in [5, 5.41) is 3.59. The van der Waals surface area contributed by atoms with Gasteiger partial charge in [-0.3, -0.25) is 14.9 Å². The summed E-state index contributed by atoms with van der Waals surface area (Å²) >= 11 is 1.72. The number of hydrogen-bond donors (Lipinski definition) is 1. The van der Waals surface area contributed by atoms with E-state index in [9.17, 15) is 14.0 Å². The van der Waals surface area contributed by atoms with Gasteiger partial charge >= 0.3 is 0 Å². The zero-order chi connectivity index (χ0) is 21.1. The molecule has 2 aliphatic rings. The molecular formula is C22H26FN3O3S. The number of nitrogens with zero attached hydrogens (tertiary/aromatic N) is 2. The highest BCUT2D eigenvalue weighted by atomic mass is 32.2. The third kappa shape index (κ3) is 4.11. The average Bonchev–Trinajstić information content (AvgIpc) is 3.38. The van der Waals surface area contributed by atoms with E-state index in [-0.39, 0.29) is 23.7 Å². The number of thioether (sulfide) groups is 1. The molecule has 2 saturated heterocycles. The van der Waals surface area contributed by atoms with Crippen molar-refractivity contribution in [1.82, 2.24) is 15.1 Å². The average molecular weight is 432 g/mol. The molecule has 0 saturated carbocycles. The first-order valence-corrected chi connectivity index (χ1v) is 11.6. The minimum Gasteiger partial charge on any atom is -0.459 e. The van der Waals surface area contributed by atoms with Crippen LogP contribution in [-0.2, 0) is 11.3 Å². The highest BCUT2D eigenvalue weighted by Gasteiger charge is 2.51. The molecule has 0 bridgehead atoms. The van der Waals surface area contributed by atoms with Crippen LogP contribution < -0.4 is 5.32 Å². The van der Waals surface area contributed by atoms with Crippen LogP contribution in [0.2, 0.25) is 0 Å². The Balaban J connectivity index is 1.51. The molecule has 1 atom stereocenters. The maximum absolute atomic E-state index is 13.3. The van der Waals surface area contributed by atoms with E-state index in [0.29, 0.717) is 38.2 Å². The maximum Gasteiger partial charge on any atom is 0.289 e. The van der Waals surface area contributed by atoms with Crippen molar-refractivity contribution in [3.63, 3.8) is 0 Å². The van der Waals surface area contributed by atoms with Gasteiger partial charge in [0.25, 0.3) is 5.91 Å². The van der Waals surface area contributed by atoms with Gasteiger partial charge in [-0.25, -0.2) is 4.39 Å². The monoisotopic (exact) mass is 431 g/mol. The van der Waals surface area contributed by atoms with Crippen LogP contribution in [0, 0.1) is 5.82 Å². The number of carbonyl (C=O) groups is 2. The van der Waals surface area contributed by atoms with E-state index in [0.717, 1.165) is 17.7 Å². The van der Waals surface area contributed by atoms with Gasteiger partial charge in [0.05, 0.1) is 18.0 Å². The minimum absolute atomic E-state index is 0.0826. The van der Waals surface area contributed by atoms with E-state index in [2.05, 4.69) is 5.32 Å². The quantitative estimate of drug-likeness (QED) is 0.761. The molecule has 8 heteroatoms. The van der Waals surface area contributed by atoms with Crippen LogP contribution in [0.25, 0.3) is 0 Å². The summed E-state index contributed by atoms with van der Waals surface area (Å²) in [6.45, 7) is 1.50. The third-order valence-corrected chi connectivity index (χ3v) is 6.64. The molecule has 1 spiro atoms. The Kier molecular flexibility index (Phi) is 6.15. The van der Waals surface area contributed by atoms with E-state index in [1.165, 1.54) is 18.4 Å². The summed E-state index contributed by atoms with van der Waals surface area (Å²) in [4.78, 5) is 29.6. The third-order valence-electron chi connectivity index (χ3n) is 6.00. The van der Waals surface area contributed by atoms with Crippen molar-refractivity contribution in [2.75, 3.05) is 25.1 Å². The standard InChI is InChI=1S/C22H26FN3O3S/c1-30-14-8-18-20(27)26(15-16-4-6-17(23)7-5-16)22(24-18)9-11-25(12-10-22)21(28)19-3-2-13-29-19/h2-7,13,18,24H,8-12,14-15H2,1H3. The van der Waals surface area contributed by atoms with Crippen molar-refractivity contribution in [2.24, 2.45) is 0 Å². The van der Waals surface area contributed by atoms with Crippen LogP contribution in [0.4, 0.5) is 4.39 Å². The van der Waals surface area contributed by atoms with E-state index in [1.54, 1.807) is 40.9 Å². The lowest BCUT2D eigenvalue weighted by Crippen LogP contribution is -2.59. The maximum atomic E-state index is 13.3. The van der Waals surface area contributed by atoms with Gasteiger partial charge in [0.2, 0.25) is 5.91 Å². The van der Waals surface area contributed by atoms with E-state index >= 15 is 0 Å². The zero-order valence-corrected chi connectivity index (χ0v) is 17.8. The van der Waals surface area contributed by atoms with Crippen LogP contribution in [0.1, 0.15) is 35.4 Å². The molecule has 6 nitrogen and oxygen atoms in total. The summed E-state index contributed by atoms with van der Waals surface area (Å²) in [5.74, 6) is 0.902. The van der Waals surface area contributed by atoms with Crippen LogP contribution >= 0.6 is 11.8 Å². The normalized spacial score (nSPS) is 20.9. The molecular weight excluding hydrogens is 405 g/mol. The lowest BCUT2D eigenvalue weighted by molar-refractivity contribution is -0.134. The Bertz CT molecular complexity index is 880. The number of likely N-dealkylation sites (tertiary alicyclic amines) is 1. The zero-order valence-electron chi connectivity index (χ0n) is 17.0. The second-order valence-electron chi connectivity index (χ2n) is 7.83. The van der Waals surface area contributed by atoms with Gasteiger partial charge in [0.15, 0.2) is 5.76 Å². The fourth-order valence-electron chi connectivity index (χ4n) is 4.35. The summed E-state index contributed by atoms with van der Waals surface area (Å²) in [7, 11) is 0. The van der Waals surface area contributed by atoms with Gasteiger partial charge in [0, 0.05) is 32.5 Å². The lowest BCUT2D eigenvalue weighted by Gasteiger charge is -2.44. The van der Waals surface area contributed by atoms with Gasteiger partial charge in [-0.15, -0.1) is 0 Å². The molecule has 2 aromatic rings. The van der Waals surface area contributed by atoms with Crippen molar-refractivity contribution < 1.29 is 18.4 Å². The predicted octanol–water partition coefficient (Wildman–Crippen LogP) is 3.10. The first kappa shape index (κ1) is 20.9. The fraction of sp³-hybridized carbons (Fsp3) is 0.455. The highest BCUT2D eigenvalue weighted by molar-refractivity contribution is 7.98. The van der Waals surface area contributed by atoms with Gasteiger partial charge in [-0.1, -0.05) is 12.1 Å². The Labute approximate surface area is 179 Å². The summed E-state index contributed by atoms with van der Waals surface area (Å²) in [5.41, 5.74) is 0.402. The van der Waals surface area contributed by atoms with Gasteiger partial charge in [-0.05, 0) is 48.3 Å². The first-order chi connectivity index (χ1) is 14.5. The van der Waals surface area contributed by atoms with Crippen molar-refractivity contribution in [3.8, 4) is 0 Å². The molecule has 2 amide bonds. The number of nitrogens with one attached hydrogen (secondary N) is 1. The molecule has 2 aliphatic heterocycles.